The van der Waals surface area contributed by atoms with E-state index in [1.54, 1.807) is 6.08 Å². The average Bonchev–Trinajstić information content (AvgIpc) is 2.96. The molecule has 2 heterocycles. The number of nitrogens with zero attached hydrogens (tertiary/aromatic N) is 2. The van der Waals surface area contributed by atoms with E-state index in [9.17, 15) is 10.1 Å². The van der Waals surface area contributed by atoms with Crippen molar-refractivity contribution in [3.63, 3.8) is 0 Å². The molecule has 4 aliphatic rings. The summed E-state index contributed by atoms with van der Waals surface area (Å²) in [6, 6.07) is 0. The van der Waals surface area contributed by atoms with Gasteiger partial charge in [0.25, 0.3) is 5.70 Å². The van der Waals surface area contributed by atoms with Crippen molar-refractivity contribution in [2.24, 2.45) is 11.8 Å². The molecule has 0 radical (unpaired) electrons. The van der Waals surface area contributed by atoms with Crippen LogP contribution in [0.1, 0.15) is 12.8 Å². The normalized spacial score (nSPS) is 33.3. The van der Waals surface area contributed by atoms with Gasteiger partial charge in [-0.3, -0.25) is 10.1 Å². The fourth-order valence-corrected chi connectivity index (χ4v) is 3.71. The van der Waals surface area contributed by atoms with Gasteiger partial charge in [0.15, 0.2) is 0 Å². The summed E-state index contributed by atoms with van der Waals surface area (Å²) >= 11 is 0. The molecule has 0 aromatic rings. The Morgan fingerprint density at radius 2 is 2.20 bits per heavy atom. The maximum absolute atomic E-state index is 11.4. The summed E-state index contributed by atoms with van der Waals surface area (Å²) < 4.78 is 0. The van der Waals surface area contributed by atoms with Crippen LogP contribution >= 0.6 is 0 Å². The lowest BCUT2D eigenvalue weighted by Crippen LogP contribution is -2.49. The molecule has 102 valence electrons. The zero-order valence-electron chi connectivity index (χ0n) is 10.9. The Labute approximate surface area is 116 Å². The minimum Gasteiger partial charge on any atom is -0.369 e. The van der Waals surface area contributed by atoms with Crippen molar-refractivity contribution in [1.82, 2.24) is 10.2 Å². The Kier molecular flexibility index (Phi) is 2.36. The van der Waals surface area contributed by atoms with Gasteiger partial charge in [-0.25, -0.2) is 0 Å². The molecule has 0 saturated heterocycles. The Morgan fingerprint density at radius 3 is 3.05 bits per heavy atom. The quantitative estimate of drug-likeness (QED) is 0.586. The maximum Gasteiger partial charge on any atom is 0.271 e. The maximum atomic E-state index is 11.4. The van der Waals surface area contributed by atoms with Crippen LogP contribution in [0, 0.1) is 22.0 Å². The molecule has 2 aliphatic carbocycles. The van der Waals surface area contributed by atoms with Crippen LogP contribution in [0.25, 0.3) is 0 Å². The molecule has 0 bridgehead atoms. The summed E-state index contributed by atoms with van der Waals surface area (Å²) in [5.41, 5.74) is 2.29. The van der Waals surface area contributed by atoms with Gasteiger partial charge in [0.1, 0.15) is 6.17 Å². The summed E-state index contributed by atoms with van der Waals surface area (Å²) in [5.74, 6) is 0.329. The fourth-order valence-electron chi connectivity index (χ4n) is 3.71. The lowest BCUT2D eigenvalue weighted by molar-refractivity contribution is -0.422. The SMILES string of the molecule is O=[N+]([O-])C1=CCCC2=C1C1C=CC=CC1C1NC=CN21. The highest BCUT2D eigenvalue weighted by Gasteiger charge is 2.46. The molecule has 0 aromatic carbocycles. The molecule has 20 heavy (non-hydrogen) atoms. The van der Waals surface area contributed by atoms with Gasteiger partial charge in [0.05, 0.1) is 10.5 Å². The highest BCUT2D eigenvalue weighted by Crippen LogP contribution is 2.46. The van der Waals surface area contributed by atoms with Gasteiger partial charge >= 0.3 is 0 Å². The van der Waals surface area contributed by atoms with Crippen molar-refractivity contribution in [3.05, 3.63) is 69.9 Å². The Bertz CT molecular complexity index is 627. The van der Waals surface area contributed by atoms with E-state index in [2.05, 4.69) is 22.4 Å². The molecule has 0 saturated carbocycles. The summed E-state index contributed by atoms with van der Waals surface area (Å²) in [6.45, 7) is 0. The molecule has 0 amide bonds. The molecule has 1 N–H and O–H groups in total. The van der Waals surface area contributed by atoms with Gasteiger partial charge < -0.3 is 10.2 Å². The first kappa shape index (κ1) is 11.5. The first-order valence-corrected chi connectivity index (χ1v) is 6.91. The molecule has 0 fully saturated rings. The Morgan fingerprint density at radius 1 is 1.35 bits per heavy atom. The van der Waals surface area contributed by atoms with Crippen LogP contribution in [0.2, 0.25) is 0 Å². The number of allylic oxidation sites excluding steroid dienone is 6. The van der Waals surface area contributed by atoms with Crippen LogP contribution in [-0.2, 0) is 0 Å². The molecular formula is C15H15N3O2. The van der Waals surface area contributed by atoms with Gasteiger partial charge in [0.2, 0.25) is 0 Å². The summed E-state index contributed by atoms with van der Waals surface area (Å²) in [7, 11) is 0. The predicted octanol–water partition coefficient (Wildman–Crippen LogP) is 2.27. The smallest absolute Gasteiger partial charge is 0.271 e. The van der Waals surface area contributed by atoms with E-state index in [1.807, 2.05) is 24.6 Å². The van der Waals surface area contributed by atoms with Crippen LogP contribution < -0.4 is 5.32 Å². The number of nitrogens with one attached hydrogen (secondary N) is 1. The third-order valence-electron chi connectivity index (χ3n) is 4.49. The minimum atomic E-state index is -0.231. The summed E-state index contributed by atoms with van der Waals surface area (Å²) in [4.78, 5) is 13.3. The monoisotopic (exact) mass is 269 g/mol. The van der Waals surface area contributed by atoms with Crippen LogP contribution in [0.15, 0.2) is 59.7 Å². The third kappa shape index (κ3) is 1.43. The fraction of sp³-hybridized carbons (Fsp3) is 0.333. The van der Waals surface area contributed by atoms with Crippen LogP contribution in [0.4, 0.5) is 0 Å². The van der Waals surface area contributed by atoms with Crippen LogP contribution in [-0.4, -0.2) is 16.0 Å². The highest BCUT2D eigenvalue weighted by atomic mass is 16.6. The van der Waals surface area contributed by atoms with E-state index in [0.717, 1.165) is 24.1 Å². The van der Waals surface area contributed by atoms with Gasteiger partial charge in [0, 0.05) is 29.9 Å². The largest absolute Gasteiger partial charge is 0.369 e. The number of hydrogen-bond acceptors (Lipinski definition) is 4. The van der Waals surface area contributed by atoms with Gasteiger partial charge in [-0.1, -0.05) is 24.3 Å². The first-order valence-electron chi connectivity index (χ1n) is 6.91. The molecule has 0 aromatic heterocycles. The lowest BCUT2D eigenvalue weighted by atomic mass is 9.74. The van der Waals surface area contributed by atoms with E-state index in [1.165, 1.54) is 0 Å². The van der Waals surface area contributed by atoms with E-state index in [4.69, 9.17) is 0 Å². The van der Waals surface area contributed by atoms with E-state index in [0.29, 0.717) is 5.70 Å². The minimum absolute atomic E-state index is 0.0978. The Hall–Kier alpha value is -2.30. The Balaban J connectivity index is 1.89. The molecule has 2 aliphatic heterocycles. The topological polar surface area (TPSA) is 58.4 Å². The van der Waals surface area contributed by atoms with Gasteiger partial charge in [-0.15, -0.1) is 0 Å². The number of hydrogen-bond donors (Lipinski definition) is 1. The van der Waals surface area contributed by atoms with Crippen molar-refractivity contribution in [1.29, 1.82) is 0 Å². The second kappa shape index (κ2) is 4.10. The lowest BCUT2D eigenvalue weighted by Gasteiger charge is -2.44. The molecule has 5 heteroatoms. The number of fused-ring (bicyclic) bond motifs is 5. The standard InChI is InChI=1S/C15H15N3O2/c19-18(20)13-7-3-6-12-14(13)10-4-1-2-5-11(10)15-16-8-9-17(12)15/h1-2,4-5,7-11,15-16H,3,6H2. The average molecular weight is 269 g/mol. The zero-order chi connectivity index (χ0) is 13.7. The van der Waals surface area contributed by atoms with E-state index in [-0.39, 0.29) is 22.9 Å². The van der Waals surface area contributed by atoms with Gasteiger partial charge in [-0.2, -0.15) is 0 Å². The molecule has 3 atom stereocenters. The summed E-state index contributed by atoms with van der Waals surface area (Å²) in [5, 5.41) is 14.8. The number of nitro groups is 1. The van der Waals surface area contributed by atoms with Crippen molar-refractivity contribution >= 4 is 0 Å². The predicted molar refractivity (Wildman–Crippen MR) is 74.5 cm³/mol. The molecule has 5 nitrogen and oxygen atoms in total. The van der Waals surface area contributed by atoms with E-state index < -0.39 is 0 Å². The second-order valence-electron chi connectivity index (χ2n) is 5.45. The zero-order valence-corrected chi connectivity index (χ0v) is 10.9. The third-order valence-corrected chi connectivity index (χ3v) is 4.49. The number of rotatable bonds is 1. The van der Waals surface area contributed by atoms with Crippen LogP contribution in [0.3, 0.4) is 0 Å². The second-order valence-corrected chi connectivity index (χ2v) is 5.45. The summed E-state index contributed by atoms with van der Waals surface area (Å²) in [6.07, 6.45) is 15.8. The van der Waals surface area contributed by atoms with E-state index >= 15 is 0 Å². The molecular weight excluding hydrogens is 254 g/mol. The molecule has 4 rings (SSSR count). The van der Waals surface area contributed by atoms with Crippen molar-refractivity contribution in [3.8, 4) is 0 Å². The van der Waals surface area contributed by atoms with Gasteiger partial charge in [-0.05, 0) is 18.9 Å². The van der Waals surface area contributed by atoms with Crippen molar-refractivity contribution in [2.45, 2.75) is 19.0 Å². The van der Waals surface area contributed by atoms with Crippen molar-refractivity contribution < 1.29 is 4.92 Å². The molecule has 3 unspecified atom stereocenters. The molecule has 0 spiro atoms. The highest BCUT2D eigenvalue weighted by molar-refractivity contribution is 5.45. The first-order chi connectivity index (χ1) is 9.77. The van der Waals surface area contributed by atoms with Crippen molar-refractivity contribution in [2.75, 3.05) is 0 Å². The van der Waals surface area contributed by atoms with Crippen LogP contribution in [0.5, 0.6) is 0 Å².